The van der Waals surface area contributed by atoms with E-state index in [2.05, 4.69) is 6.58 Å². The second-order valence-corrected chi connectivity index (χ2v) is 1.90. The molecule has 50 valence electrons. The van der Waals surface area contributed by atoms with Crippen molar-refractivity contribution in [3.8, 4) is 0 Å². The molecular formula is C8H13N. The van der Waals surface area contributed by atoms with Crippen LogP contribution in [0.25, 0.3) is 0 Å². The fraction of sp³-hybridized carbons (Fsp3) is 0.375. The molecule has 0 saturated heterocycles. The molecule has 0 atom stereocenters. The van der Waals surface area contributed by atoms with Crippen molar-refractivity contribution >= 4 is 5.71 Å². The maximum absolute atomic E-state index is 7.22. The van der Waals surface area contributed by atoms with E-state index in [1.165, 1.54) is 0 Å². The van der Waals surface area contributed by atoms with Gasteiger partial charge in [-0.25, -0.2) is 0 Å². The van der Waals surface area contributed by atoms with E-state index in [-0.39, 0.29) is 0 Å². The van der Waals surface area contributed by atoms with Gasteiger partial charge in [-0.1, -0.05) is 25.7 Å². The summed E-state index contributed by atoms with van der Waals surface area (Å²) in [7, 11) is 0. The van der Waals surface area contributed by atoms with Crippen molar-refractivity contribution in [2.24, 2.45) is 0 Å². The van der Waals surface area contributed by atoms with E-state index >= 15 is 0 Å². The Kier molecular flexibility index (Phi) is 3.69. The highest BCUT2D eigenvalue weighted by Gasteiger charge is 1.89. The van der Waals surface area contributed by atoms with Gasteiger partial charge in [0.25, 0.3) is 0 Å². The number of hydrogen-bond acceptors (Lipinski definition) is 1. The third-order valence-electron chi connectivity index (χ3n) is 1.08. The van der Waals surface area contributed by atoms with Gasteiger partial charge in [-0.05, 0) is 18.9 Å². The third-order valence-corrected chi connectivity index (χ3v) is 1.08. The summed E-state index contributed by atoms with van der Waals surface area (Å²) in [5, 5.41) is 7.22. The molecule has 0 aliphatic rings. The fourth-order valence-electron chi connectivity index (χ4n) is 0.609. The SMILES string of the molecule is C=C/C(=C\CC)C(C)=N. The molecule has 0 amide bonds. The maximum atomic E-state index is 7.22. The van der Waals surface area contributed by atoms with Crippen molar-refractivity contribution in [3.05, 3.63) is 24.3 Å². The van der Waals surface area contributed by atoms with Crippen molar-refractivity contribution in [2.45, 2.75) is 20.3 Å². The van der Waals surface area contributed by atoms with Crippen molar-refractivity contribution in [1.29, 1.82) is 5.41 Å². The molecule has 0 saturated carbocycles. The van der Waals surface area contributed by atoms with Crippen LogP contribution >= 0.6 is 0 Å². The predicted octanol–water partition coefficient (Wildman–Crippen LogP) is 2.55. The van der Waals surface area contributed by atoms with Crippen LogP contribution in [0.4, 0.5) is 0 Å². The Hall–Kier alpha value is -0.850. The third kappa shape index (κ3) is 2.85. The van der Waals surface area contributed by atoms with Crippen LogP contribution in [0.1, 0.15) is 20.3 Å². The minimum absolute atomic E-state index is 0.590. The van der Waals surface area contributed by atoms with Gasteiger partial charge in [-0.3, -0.25) is 0 Å². The lowest BCUT2D eigenvalue weighted by Gasteiger charge is -1.94. The molecule has 0 aromatic carbocycles. The van der Waals surface area contributed by atoms with Gasteiger partial charge in [0, 0.05) is 5.71 Å². The molecule has 0 aliphatic heterocycles. The zero-order valence-corrected chi connectivity index (χ0v) is 6.07. The lowest BCUT2D eigenvalue weighted by atomic mass is 10.1. The molecule has 0 fully saturated rings. The van der Waals surface area contributed by atoms with Crippen molar-refractivity contribution in [2.75, 3.05) is 0 Å². The molecule has 0 aromatic heterocycles. The number of allylic oxidation sites excluding steroid dienone is 3. The Bertz CT molecular complexity index is 143. The molecule has 0 spiro atoms. The normalized spacial score (nSPS) is 11.1. The quantitative estimate of drug-likeness (QED) is 0.440. The predicted molar refractivity (Wildman–Crippen MR) is 42.0 cm³/mol. The van der Waals surface area contributed by atoms with Crippen molar-refractivity contribution in [1.82, 2.24) is 0 Å². The molecule has 1 N–H and O–H groups in total. The van der Waals surface area contributed by atoms with Crippen molar-refractivity contribution < 1.29 is 0 Å². The number of nitrogens with one attached hydrogen (secondary N) is 1. The molecule has 0 heterocycles. The summed E-state index contributed by atoms with van der Waals surface area (Å²) < 4.78 is 0. The highest BCUT2D eigenvalue weighted by Crippen LogP contribution is 1.98. The molecule has 1 heteroatoms. The topological polar surface area (TPSA) is 23.9 Å². The minimum Gasteiger partial charge on any atom is -0.305 e. The van der Waals surface area contributed by atoms with Gasteiger partial charge in [-0.15, -0.1) is 0 Å². The molecule has 0 rings (SSSR count). The smallest absolute Gasteiger partial charge is 0.0351 e. The van der Waals surface area contributed by atoms with Gasteiger partial charge in [0.05, 0.1) is 0 Å². The van der Waals surface area contributed by atoms with E-state index in [0.29, 0.717) is 5.71 Å². The van der Waals surface area contributed by atoms with Crippen molar-refractivity contribution in [3.63, 3.8) is 0 Å². The Morgan fingerprint density at radius 2 is 2.22 bits per heavy atom. The summed E-state index contributed by atoms with van der Waals surface area (Å²) in [6.07, 6.45) is 4.68. The first-order chi connectivity index (χ1) is 4.22. The second-order valence-electron chi connectivity index (χ2n) is 1.90. The summed E-state index contributed by atoms with van der Waals surface area (Å²) >= 11 is 0. The molecule has 0 aromatic rings. The van der Waals surface area contributed by atoms with E-state index in [1.807, 2.05) is 13.0 Å². The number of hydrogen-bond donors (Lipinski definition) is 1. The molecular weight excluding hydrogens is 110 g/mol. The van der Waals surface area contributed by atoms with Crippen LogP contribution in [0.2, 0.25) is 0 Å². The number of rotatable bonds is 3. The van der Waals surface area contributed by atoms with Gasteiger partial charge >= 0.3 is 0 Å². The molecule has 0 bridgehead atoms. The molecule has 0 aliphatic carbocycles. The van der Waals surface area contributed by atoms with Crippen LogP contribution in [0.15, 0.2) is 24.3 Å². The van der Waals surface area contributed by atoms with Gasteiger partial charge in [-0.2, -0.15) is 0 Å². The van der Waals surface area contributed by atoms with E-state index < -0.39 is 0 Å². The largest absolute Gasteiger partial charge is 0.305 e. The first kappa shape index (κ1) is 8.15. The van der Waals surface area contributed by atoms with E-state index in [1.54, 1.807) is 13.0 Å². The fourth-order valence-corrected chi connectivity index (χ4v) is 0.609. The second kappa shape index (κ2) is 4.07. The summed E-state index contributed by atoms with van der Waals surface area (Å²) in [6, 6.07) is 0. The molecule has 0 radical (unpaired) electrons. The average molecular weight is 123 g/mol. The Labute approximate surface area is 56.6 Å². The summed E-state index contributed by atoms with van der Waals surface area (Å²) in [6.45, 7) is 7.41. The average Bonchev–Trinajstić information content (AvgIpc) is 1.82. The molecule has 0 unspecified atom stereocenters. The highest BCUT2D eigenvalue weighted by atomic mass is 14.4. The van der Waals surface area contributed by atoms with Crippen LogP contribution in [0.3, 0.4) is 0 Å². The summed E-state index contributed by atoms with van der Waals surface area (Å²) in [5.74, 6) is 0. The summed E-state index contributed by atoms with van der Waals surface area (Å²) in [5.41, 5.74) is 1.53. The standard InChI is InChI=1S/C8H13N/c1-4-6-8(5-2)7(3)9/h5-6,9H,2,4H2,1,3H3/b8-6+,9-7?. The Morgan fingerprint density at radius 1 is 1.67 bits per heavy atom. The monoisotopic (exact) mass is 123 g/mol. The van der Waals surface area contributed by atoms with Gasteiger partial charge in [0.1, 0.15) is 0 Å². The van der Waals surface area contributed by atoms with Gasteiger partial charge in [0.15, 0.2) is 0 Å². The molecule has 9 heavy (non-hydrogen) atoms. The summed E-state index contributed by atoms with van der Waals surface area (Å²) in [4.78, 5) is 0. The van der Waals surface area contributed by atoms with E-state index in [0.717, 1.165) is 12.0 Å². The first-order valence-corrected chi connectivity index (χ1v) is 3.10. The van der Waals surface area contributed by atoms with Crippen LogP contribution in [0, 0.1) is 5.41 Å². The lowest BCUT2D eigenvalue weighted by Crippen LogP contribution is -1.90. The van der Waals surface area contributed by atoms with Gasteiger partial charge < -0.3 is 5.41 Å². The maximum Gasteiger partial charge on any atom is 0.0351 e. The van der Waals surface area contributed by atoms with Crippen LogP contribution in [0.5, 0.6) is 0 Å². The zero-order valence-electron chi connectivity index (χ0n) is 6.07. The van der Waals surface area contributed by atoms with E-state index in [9.17, 15) is 0 Å². The Morgan fingerprint density at radius 3 is 2.33 bits per heavy atom. The van der Waals surface area contributed by atoms with Crippen LogP contribution in [-0.4, -0.2) is 5.71 Å². The lowest BCUT2D eigenvalue weighted by molar-refractivity contribution is 1.21. The van der Waals surface area contributed by atoms with E-state index in [4.69, 9.17) is 5.41 Å². The molecule has 1 nitrogen and oxygen atoms in total. The highest BCUT2D eigenvalue weighted by molar-refractivity contribution is 5.98. The zero-order chi connectivity index (χ0) is 7.28. The minimum atomic E-state index is 0.590. The van der Waals surface area contributed by atoms with Crippen LogP contribution in [-0.2, 0) is 0 Å². The first-order valence-electron chi connectivity index (χ1n) is 3.10. The van der Waals surface area contributed by atoms with Gasteiger partial charge in [0.2, 0.25) is 0 Å². The Balaban J connectivity index is 4.14. The van der Waals surface area contributed by atoms with Crippen LogP contribution < -0.4 is 0 Å².